The average molecular weight is 889 g/mol. The van der Waals surface area contributed by atoms with Gasteiger partial charge in [0, 0.05) is 23.0 Å². The fourth-order valence-electron chi connectivity index (χ4n) is 10.8. The smallest absolute Gasteiger partial charge is 0.407 e. The van der Waals surface area contributed by atoms with Crippen molar-refractivity contribution in [1.29, 1.82) is 0 Å². The van der Waals surface area contributed by atoms with E-state index in [1.807, 2.05) is 56.7 Å². The predicted octanol–water partition coefficient (Wildman–Crippen LogP) is 8.08. The topological polar surface area (TPSA) is 193 Å². The molecule has 16 heteroatoms. The summed E-state index contributed by atoms with van der Waals surface area (Å²) in [5.74, 6) is 1.67. The van der Waals surface area contributed by atoms with E-state index >= 15 is 0 Å². The number of nitrogens with zero attached hydrogens (tertiary/aromatic N) is 4. The standard InChI is InChI=1S/C49H60N8O8/c1-24(2)41(54-48(60)62-7)46(58)57-26(4)10-16-39(57)45-51-36-14-12-29-20-35-33-13-11-30(19-32(33)23-64-40(35)21-34(29)43(36)53-45)37-22-50-44(52-37)38-15-9-25(3)56(38)47(59)42(55-49(61)63-8)31-17-27(5)65-28(6)18-31/h11-14,19-22,24-28,31,38-39,41-42H,9-10,15-18,23H2,1-8H3,(H,50,52)(H,51,53)(H,54,60)(H,55,61). The molecule has 6 heterocycles. The summed E-state index contributed by atoms with van der Waals surface area (Å²) in [6, 6.07) is 12.6. The Bertz CT molecular complexity index is 2630. The summed E-state index contributed by atoms with van der Waals surface area (Å²) in [6.45, 7) is 12.3. The highest BCUT2D eigenvalue weighted by molar-refractivity contribution is 6.07. The lowest BCUT2D eigenvalue weighted by Gasteiger charge is -2.39. The molecule has 0 spiro atoms. The Hall–Kier alpha value is -6.16. The molecule has 344 valence electrons. The summed E-state index contributed by atoms with van der Waals surface area (Å²) in [5, 5.41) is 7.58. The summed E-state index contributed by atoms with van der Waals surface area (Å²) in [6.07, 6.45) is 4.93. The van der Waals surface area contributed by atoms with Gasteiger partial charge in [-0.15, -0.1) is 0 Å². The van der Waals surface area contributed by atoms with E-state index in [1.54, 1.807) is 0 Å². The van der Waals surface area contributed by atoms with Crippen LogP contribution in [0.5, 0.6) is 5.75 Å². The number of rotatable bonds is 9. The van der Waals surface area contributed by atoms with Gasteiger partial charge in [0.15, 0.2) is 0 Å². The molecule has 4 N–H and O–H groups in total. The lowest BCUT2D eigenvalue weighted by Crippen LogP contribution is -2.55. The van der Waals surface area contributed by atoms with Crippen LogP contribution < -0.4 is 15.4 Å². The summed E-state index contributed by atoms with van der Waals surface area (Å²) in [7, 11) is 2.61. The average Bonchev–Trinajstić information content (AvgIpc) is 4.11. The number of aromatic nitrogens is 4. The number of hydrogen-bond donors (Lipinski definition) is 4. The zero-order valence-electron chi connectivity index (χ0n) is 38.4. The number of hydrogen-bond acceptors (Lipinski definition) is 10. The fourth-order valence-corrected chi connectivity index (χ4v) is 10.8. The van der Waals surface area contributed by atoms with E-state index in [1.165, 1.54) is 14.2 Å². The Labute approximate surface area is 378 Å². The molecule has 0 saturated carbocycles. The number of fused-ring (bicyclic) bond motifs is 6. The second-order valence-electron chi connectivity index (χ2n) is 18.8. The van der Waals surface area contributed by atoms with E-state index in [0.29, 0.717) is 31.1 Å². The minimum atomic E-state index is -0.747. The number of likely N-dealkylation sites (tertiary alicyclic amines) is 2. The lowest BCUT2D eigenvalue weighted by atomic mass is 9.85. The second-order valence-corrected chi connectivity index (χ2v) is 18.8. The molecule has 0 aliphatic carbocycles. The molecule has 3 aromatic carbocycles. The van der Waals surface area contributed by atoms with Crippen molar-refractivity contribution in [2.24, 2.45) is 11.8 Å². The normalized spacial score (nSPS) is 24.9. The number of aromatic amines is 2. The van der Waals surface area contributed by atoms with Gasteiger partial charge < -0.3 is 49.3 Å². The van der Waals surface area contributed by atoms with Gasteiger partial charge >= 0.3 is 12.2 Å². The molecule has 4 amide bonds. The third-order valence-corrected chi connectivity index (χ3v) is 14.1. The molecule has 16 nitrogen and oxygen atoms in total. The van der Waals surface area contributed by atoms with E-state index in [4.69, 9.17) is 28.9 Å². The van der Waals surface area contributed by atoms with Crippen molar-refractivity contribution in [3.05, 3.63) is 65.9 Å². The van der Waals surface area contributed by atoms with Crippen LogP contribution in [0, 0.1) is 11.8 Å². The van der Waals surface area contributed by atoms with E-state index in [9.17, 15) is 19.2 Å². The van der Waals surface area contributed by atoms with Crippen LogP contribution in [0.2, 0.25) is 0 Å². The second kappa shape index (κ2) is 17.7. The highest BCUT2D eigenvalue weighted by Gasteiger charge is 2.45. The Morgan fingerprint density at radius 3 is 2.15 bits per heavy atom. The van der Waals surface area contributed by atoms with Crippen molar-refractivity contribution < 1.29 is 38.1 Å². The van der Waals surface area contributed by atoms with Crippen molar-refractivity contribution in [2.75, 3.05) is 14.2 Å². The highest BCUT2D eigenvalue weighted by Crippen LogP contribution is 2.44. The number of methoxy groups -OCH3 is 2. The maximum atomic E-state index is 14.5. The molecular formula is C49H60N8O8. The molecule has 0 bridgehead atoms. The first-order chi connectivity index (χ1) is 31.2. The van der Waals surface area contributed by atoms with Crippen LogP contribution in [0.4, 0.5) is 9.59 Å². The lowest BCUT2D eigenvalue weighted by molar-refractivity contribution is -0.140. The van der Waals surface area contributed by atoms with E-state index in [-0.39, 0.29) is 60.0 Å². The number of H-pyrrole nitrogens is 2. The first-order valence-corrected chi connectivity index (χ1v) is 23.0. The Kier molecular flexibility index (Phi) is 12.0. The molecule has 9 rings (SSSR count). The number of imidazole rings is 2. The van der Waals surface area contributed by atoms with Crippen LogP contribution in [0.25, 0.3) is 44.2 Å². The van der Waals surface area contributed by atoms with Crippen LogP contribution in [0.15, 0.2) is 48.7 Å². The number of carbonyl (C=O) groups is 4. The van der Waals surface area contributed by atoms with Gasteiger partial charge in [0.2, 0.25) is 11.8 Å². The summed E-state index contributed by atoms with van der Waals surface area (Å²) in [5.41, 5.74) is 6.57. The maximum Gasteiger partial charge on any atom is 0.407 e. The van der Waals surface area contributed by atoms with Gasteiger partial charge in [-0.3, -0.25) is 9.59 Å². The third kappa shape index (κ3) is 8.25. The number of nitrogens with one attached hydrogen (secondary N) is 4. The van der Waals surface area contributed by atoms with Gasteiger partial charge in [0.1, 0.15) is 36.1 Å². The monoisotopic (exact) mass is 888 g/mol. The SMILES string of the molecule is COC(=O)NC(C(=O)N1C(C)CCC1c1nc2c(ccc3cc4c(cc32)OCc2cc(-c3cnc(C5CCC(C)N5C(=O)C(NC(=O)OC)C5CC(C)OC(C)C5)[nH]3)ccc2-4)[nH]1)C(C)C. The maximum absolute atomic E-state index is 14.5. The van der Waals surface area contributed by atoms with Crippen LogP contribution in [-0.4, -0.2) is 104 Å². The number of benzene rings is 3. The van der Waals surface area contributed by atoms with Crippen LogP contribution in [0.1, 0.15) is 109 Å². The van der Waals surface area contributed by atoms with Crippen molar-refractivity contribution >= 4 is 45.8 Å². The van der Waals surface area contributed by atoms with Crippen molar-refractivity contribution in [3.8, 4) is 28.1 Å². The molecule has 3 fully saturated rings. The van der Waals surface area contributed by atoms with Gasteiger partial charge in [-0.05, 0) is 124 Å². The van der Waals surface area contributed by atoms with Gasteiger partial charge in [0.05, 0.1) is 61.4 Å². The first-order valence-electron chi connectivity index (χ1n) is 23.0. The molecule has 5 aromatic rings. The molecule has 2 aromatic heterocycles. The quantitative estimate of drug-likeness (QED) is 0.112. The van der Waals surface area contributed by atoms with Gasteiger partial charge in [-0.25, -0.2) is 19.6 Å². The number of carbonyl (C=O) groups excluding carboxylic acids is 4. The zero-order valence-corrected chi connectivity index (χ0v) is 38.4. The van der Waals surface area contributed by atoms with Crippen molar-refractivity contribution in [2.45, 2.75) is 135 Å². The van der Waals surface area contributed by atoms with Crippen molar-refractivity contribution in [1.82, 2.24) is 40.4 Å². The van der Waals surface area contributed by atoms with Crippen LogP contribution in [-0.2, 0) is 30.4 Å². The van der Waals surface area contributed by atoms with E-state index < -0.39 is 24.3 Å². The summed E-state index contributed by atoms with van der Waals surface area (Å²) >= 11 is 0. The number of alkyl carbamates (subject to hydrolysis) is 2. The molecule has 8 atom stereocenters. The van der Waals surface area contributed by atoms with Crippen LogP contribution in [0.3, 0.4) is 0 Å². The van der Waals surface area contributed by atoms with E-state index in [2.05, 4.69) is 63.9 Å². The van der Waals surface area contributed by atoms with Gasteiger partial charge in [0.25, 0.3) is 0 Å². The van der Waals surface area contributed by atoms with Gasteiger partial charge in [-0.2, -0.15) is 0 Å². The van der Waals surface area contributed by atoms with Crippen molar-refractivity contribution in [3.63, 3.8) is 0 Å². The molecule has 0 radical (unpaired) electrons. The Morgan fingerprint density at radius 1 is 0.785 bits per heavy atom. The molecule has 3 saturated heterocycles. The largest absolute Gasteiger partial charge is 0.488 e. The zero-order chi connectivity index (χ0) is 45.8. The number of amides is 4. The van der Waals surface area contributed by atoms with Crippen LogP contribution >= 0.6 is 0 Å². The molecule has 65 heavy (non-hydrogen) atoms. The highest BCUT2D eigenvalue weighted by atomic mass is 16.5. The minimum absolute atomic E-state index is 0.0292. The third-order valence-electron chi connectivity index (χ3n) is 14.1. The summed E-state index contributed by atoms with van der Waals surface area (Å²) < 4.78 is 22.2. The first kappa shape index (κ1) is 44.1. The molecule has 8 unspecified atom stereocenters. The molecule has 4 aliphatic heterocycles. The Morgan fingerprint density at radius 2 is 1.46 bits per heavy atom. The summed E-state index contributed by atoms with van der Waals surface area (Å²) in [4.78, 5) is 74.0. The van der Waals surface area contributed by atoms with Gasteiger partial charge in [-0.1, -0.05) is 32.0 Å². The molecular weight excluding hydrogens is 829 g/mol. The molecule has 4 aliphatic rings. The predicted molar refractivity (Wildman–Crippen MR) is 244 cm³/mol. The van der Waals surface area contributed by atoms with E-state index in [0.717, 1.165) is 81.2 Å². The fraction of sp³-hybridized carbons (Fsp3) is 0.510. The Balaban J connectivity index is 0.959. The number of ether oxygens (including phenoxy) is 4. The minimum Gasteiger partial charge on any atom is -0.488 e.